The maximum atomic E-state index is 5.91. The van der Waals surface area contributed by atoms with Gasteiger partial charge in [0.25, 0.3) is 0 Å². The van der Waals surface area contributed by atoms with Gasteiger partial charge in [0.15, 0.2) is 0 Å². The summed E-state index contributed by atoms with van der Waals surface area (Å²) in [7, 11) is 0. The number of rotatable bonds is 4. The summed E-state index contributed by atoms with van der Waals surface area (Å²) in [5, 5.41) is 5.10. The van der Waals surface area contributed by atoms with E-state index in [9.17, 15) is 0 Å². The Kier molecular flexibility index (Phi) is 4.30. The Bertz CT molecular complexity index is 554. The van der Waals surface area contributed by atoms with E-state index in [0.717, 1.165) is 28.2 Å². The summed E-state index contributed by atoms with van der Waals surface area (Å²) < 4.78 is 8.67. The Hall–Kier alpha value is -1.00. The maximum Gasteiger partial charge on any atom is 0.131 e. The average molecular weight is 330 g/mol. The van der Waals surface area contributed by atoms with Gasteiger partial charge in [-0.25, -0.2) is 0 Å². The Labute approximate surface area is 120 Å². The van der Waals surface area contributed by atoms with Crippen molar-refractivity contribution >= 4 is 27.5 Å². The first-order chi connectivity index (χ1) is 8.61. The lowest BCUT2D eigenvalue weighted by molar-refractivity contribution is 0.291. The first-order valence-corrected chi connectivity index (χ1v) is 6.89. The predicted octanol–water partition coefficient (Wildman–Crippen LogP) is 4.21. The Morgan fingerprint density at radius 3 is 2.89 bits per heavy atom. The molecule has 0 unspecified atom stereocenters. The van der Waals surface area contributed by atoms with Crippen molar-refractivity contribution in [2.45, 2.75) is 27.0 Å². The van der Waals surface area contributed by atoms with Gasteiger partial charge in [-0.15, -0.1) is 0 Å². The third kappa shape index (κ3) is 2.87. The smallest absolute Gasteiger partial charge is 0.131 e. The molecule has 0 saturated heterocycles. The molecule has 0 aliphatic carbocycles. The number of ether oxygens (including phenoxy) is 1. The highest BCUT2D eigenvalue weighted by Crippen LogP contribution is 2.24. The Morgan fingerprint density at radius 2 is 2.22 bits per heavy atom. The molecule has 0 spiro atoms. The Morgan fingerprint density at radius 1 is 1.44 bits per heavy atom. The molecule has 0 bridgehead atoms. The Balaban J connectivity index is 2.15. The summed E-state index contributed by atoms with van der Waals surface area (Å²) in [6.07, 6.45) is 0. The van der Waals surface area contributed by atoms with E-state index in [0.29, 0.717) is 11.6 Å². The lowest BCUT2D eigenvalue weighted by Gasteiger charge is -2.08. The minimum atomic E-state index is 0.468. The van der Waals surface area contributed by atoms with Gasteiger partial charge in [0.1, 0.15) is 12.4 Å². The molecule has 96 valence electrons. The van der Waals surface area contributed by atoms with Crippen LogP contribution in [0.2, 0.25) is 5.02 Å². The van der Waals surface area contributed by atoms with Crippen LogP contribution in [0.4, 0.5) is 0 Å². The lowest BCUT2D eigenvalue weighted by atomic mass is 10.3. The number of halogens is 2. The zero-order valence-electron chi connectivity index (χ0n) is 10.3. The largest absolute Gasteiger partial charge is 0.487 e. The van der Waals surface area contributed by atoms with Crippen molar-refractivity contribution in [3.63, 3.8) is 0 Å². The fraction of sp³-hybridized carbons (Fsp3) is 0.308. The maximum absolute atomic E-state index is 5.91. The van der Waals surface area contributed by atoms with Crippen molar-refractivity contribution in [2.24, 2.45) is 0 Å². The molecular weight excluding hydrogens is 316 g/mol. The molecule has 0 fully saturated rings. The average Bonchev–Trinajstić information content (AvgIpc) is 2.63. The van der Waals surface area contributed by atoms with Gasteiger partial charge in [-0.1, -0.05) is 17.7 Å². The number of benzene rings is 1. The summed E-state index contributed by atoms with van der Waals surface area (Å²) in [6.45, 7) is 5.32. The standard InChI is InChI=1S/C13H14BrClN2O/c1-3-17-12(13(14)9(2)16-17)8-18-11-6-4-5-10(15)7-11/h4-7H,3,8H2,1-2H3. The van der Waals surface area contributed by atoms with Gasteiger partial charge in [-0.3, -0.25) is 4.68 Å². The predicted molar refractivity (Wildman–Crippen MR) is 76.1 cm³/mol. The summed E-state index contributed by atoms with van der Waals surface area (Å²) in [6, 6.07) is 7.38. The molecule has 0 radical (unpaired) electrons. The van der Waals surface area contributed by atoms with E-state index in [-0.39, 0.29) is 0 Å². The molecule has 2 rings (SSSR count). The first-order valence-electron chi connectivity index (χ1n) is 5.72. The van der Waals surface area contributed by atoms with Gasteiger partial charge in [-0.2, -0.15) is 5.10 Å². The minimum absolute atomic E-state index is 0.468. The van der Waals surface area contributed by atoms with Gasteiger partial charge in [0.2, 0.25) is 0 Å². The molecule has 0 atom stereocenters. The van der Waals surface area contributed by atoms with Crippen molar-refractivity contribution in [3.8, 4) is 5.75 Å². The van der Waals surface area contributed by atoms with E-state index < -0.39 is 0 Å². The molecule has 5 heteroatoms. The monoisotopic (exact) mass is 328 g/mol. The molecule has 18 heavy (non-hydrogen) atoms. The molecule has 0 aliphatic rings. The highest BCUT2D eigenvalue weighted by Gasteiger charge is 2.12. The van der Waals surface area contributed by atoms with Gasteiger partial charge in [0, 0.05) is 11.6 Å². The van der Waals surface area contributed by atoms with Crippen LogP contribution in [0.5, 0.6) is 5.75 Å². The van der Waals surface area contributed by atoms with Crippen LogP contribution in [0.25, 0.3) is 0 Å². The summed E-state index contributed by atoms with van der Waals surface area (Å²) in [5.41, 5.74) is 2.01. The topological polar surface area (TPSA) is 27.1 Å². The fourth-order valence-corrected chi connectivity index (χ4v) is 2.29. The van der Waals surface area contributed by atoms with E-state index >= 15 is 0 Å². The van der Waals surface area contributed by atoms with Crippen molar-refractivity contribution in [1.29, 1.82) is 0 Å². The van der Waals surface area contributed by atoms with Crippen molar-refractivity contribution in [3.05, 3.63) is 45.1 Å². The van der Waals surface area contributed by atoms with Gasteiger partial charge < -0.3 is 4.74 Å². The first kappa shape index (κ1) is 13.4. The number of hydrogen-bond acceptors (Lipinski definition) is 2. The van der Waals surface area contributed by atoms with Crippen LogP contribution in [0, 0.1) is 6.92 Å². The van der Waals surface area contributed by atoms with Crippen LogP contribution in [-0.2, 0) is 13.2 Å². The minimum Gasteiger partial charge on any atom is -0.487 e. The molecule has 0 aliphatic heterocycles. The van der Waals surface area contributed by atoms with Crippen molar-refractivity contribution in [2.75, 3.05) is 0 Å². The second-order valence-electron chi connectivity index (χ2n) is 3.91. The van der Waals surface area contributed by atoms with Gasteiger partial charge >= 0.3 is 0 Å². The van der Waals surface area contributed by atoms with E-state index in [4.69, 9.17) is 16.3 Å². The quantitative estimate of drug-likeness (QED) is 0.840. The summed E-state index contributed by atoms with van der Waals surface area (Å²) in [4.78, 5) is 0. The van der Waals surface area contributed by atoms with Crippen LogP contribution in [0.3, 0.4) is 0 Å². The van der Waals surface area contributed by atoms with Crippen LogP contribution >= 0.6 is 27.5 Å². The fourth-order valence-electron chi connectivity index (χ4n) is 1.72. The molecule has 2 aromatic rings. The molecule has 1 heterocycles. The number of hydrogen-bond donors (Lipinski definition) is 0. The second kappa shape index (κ2) is 5.76. The van der Waals surface area contributed by atoms with E-state index in [1.807, 2.05) is 29.8 Å². The van der Waals surface area contributed by atoms with Crippen LogP contribution in [-0.4, -0.2) is 9.78 Å². The van der Waals surface area contributed by atoms with Crippen molar-refractivity contribution in [1.82, 2.24) is 9.78 Å². The highest BCUT2D eigenvalue weighted by atomic mass is 79.9. The number of aromatic nitrogens is 2. The SMILES string of the molecule is CCn1nc(C)c(Br)c1COc1cccc(Cl)c1. The molecule has 0 saturated carbocycles. The zero-order valence-corrected chi connectivity index (χ0v) is 12.6. The number of nitrogens with zero attached hydrogens (tertiary/aromatic N) is 2. The number of aryl methyl sites for hydroxylation is 2. The zero-order chi connectivity index (χ0) is 13.1. The normalized spacial score (nSPS) is 10.7. The lowest BCUT2D eigenvalue weighted by Crippen LogP contribution is -2.06. The molecule has 3 nitrogen and oxygen atoms in total. The van der Waals surface area contributed by atoms with Crippen LogP contribution in [0.1, 0.15) is 18.3 Å². The molecule has 1 aromatic heterocycles. The van der Waals surface area contributed by atoms with Crippen molar-refractivity contribution < 1.29 is 4.74 Å². The van der Waals surface area contributed by atoms with Crippen LogP contribution in [0.15, 0.2) is 28.7 Å². The summed E-state index contributed by atoms with van der Waals surface area (Å²) in [5.74, 6) is 0.760. The van der Waals surface area contributed by atoms with E-state index in [2.05, 4.69) is 28.0 Å². The summed E-state index contributed by atoms with van der Waals surface area (Å²) >= 11 is 9.45. The third-order valence-electron chi connectivity index (χ3n) is 2.62. The highest BCUT2D eigenvalue weighted by molar-refractivity contribution is 9.10. The molecule has 0 N–H and O–H groups in total. The van der Waals surface area contributed by atoms with E-state index in [1.54, 1.807) is 6.07 Å². The second-order valence-corrected chi connectivity index (χ2v) is 5.14. The third-order valence-corrected chi connectivity index (χ3v) is 3.89. The van der Waals surface area contributed by atoms with E-state index in [1.165, 1.54) is 0 Å². The molecular formula is C13H14BrClN2O. The van der Waals surface area contributed by atoms with Gasteiger partial charge in [0.05, 0.1) is 15.9 Å². The van der Waals surface area contributed by atoms with Crippen LogP contribution < -0.4 is 4.74 Å². The molecule has 0 amide bonds. The molecule has 1 aromatic carbocycles. The van der Waals surface area contributed by atoms with Gasteiger partial charge in [-0.05, 0) is 48.0 Å².